The van der Waals surface area contributed by atoms with E-state index in [1.54, 1.807) is 0 Å². The second-order valence-corrected chi connectivity index (χ2v) is 32.2. The van der Waals surface area contributed by atoms with E-state index in [9.17, 15) is 64.0 Å². The van der Waals surface area contributed by atoms with E-state index in [1.807, 2.05) is 0 Å². The molecule has 3 aromatic carbocycles. The number of phosphoric acid groups is 1. The van der Waals surface area contributed by atoms with Gasteiger partial charge in [0.15, 0.2) is 21.3 Å². The fourth-order valence-corrected chi connectivity index (χ4v) is 14.6. The second kappa shape index (κ2) is 28.0. The molecular formula is C63H66ClF10N8O15PS2. The average molecular weight is 1500 g/mol. The first kappa shape index (κ1) is 77.6. The van der Waals surface area contributed by atoms with Crippen LogP contribution in [0.15, 0.2) is 54.6 Å². The van der Waals surface area contributed by atoms with Gasteiger partial charge in [0, 0.05) is 52.3 Å². The maximum absolute atomic E-state index is 15.9. The Morgan fingerprint density at radius 3 is 2.01 bits per heavy atom. The van der Waals surface area contributed by atoms with E-state index in [0.717, 1.165) is 42.7 Å². The number of alkyl halides is 8. The van der Waals surface area contributed by atoms with Gasteiger partial charge in [0.05, 0.1) is 59.0 Å². The maximum Gasteiger partial charge on any atom is 0.530 e. The number of amides is 3. The molecule has 2 aliphatic carbocycles. The summed E-state index contributed by atoms with van der Waals surface area (Å²) in [6.45, 7) is 8.80. The zero-order valence-electron chi connectivity index (χ0n) is 54.9. The molecule has 4 N–H and O–H groups in total. The quantitative estimate of drug-likeness (QED) is 0.0223. The molecule has 0 aliphatic heterocycles. The smallest absolute Gasteiger partial charge is 0.481 e. The molecule has 6 aromatic rings. The Bertz CT molecular complexity index is 4630. The number of sulfonamides is 1. The number of fused-ring (bicyclic) bond motifs is 4. The first-order valence-corrected chi connectivity index (χ1v) is 35.8. The molecule has 0 saturated heterocycles. The first-order chi connectivity index (χ1) is 45.8. The normalized spacial score (nSPS) is 16.2. The number of rotatable bonds is 26. The molecule has 3 amide bonds. The summed E-state index contributed by atoms with van der Waals surface area (Å²) in [7, 11) is -14.0. The third-order valence-electron chi connectivity index (χ3n) is 15.9. The highest BCUT2D eigenvalue weighted by molar-refractivity contribution is 7.93. The Kier molecular flexibility index (Phi) is 21.7. The van der Waals surface area contributed by atoms with Crippen LogP contribution in [0.1, 0.15) is 137 Å². The lowest BCUT2D eigenvalue weighted by molar-refractivity contribution is -0.147. The molecule has 23 nitrogen and oxygen atoms in total. The van der Waals surface area contributed by atoms with Crippen LogP contribution in [0, 0.1) is 36.3 Å². The third-order valence-corrected chi connectivity index (χ3v) is 21.0. The lowest BCUT2D eigenvalue weighted by Crippen LogP contribution is -2.43. The summed E-state index contributed by atoms with van der Waals surface area (Å²) < 4.78 is 236. The number of aromatic nitrogens is 5. The van der Waals surface area contributed by atoms with Gasteiger partial charge in [0.25, 0.3) is 5.92 Å². The van der Waals surface area contributed by atoms with Gasteiger partial charge in [-0.15, -0.1) is 0 Å². The summed E-state index contributed by atoms with van der Waals surface area (Å²) in [4.78, 5) is 72.0. The van der Waals surface area contributed by atoms with Crippen LogP contribution in [0.25, 0.3) is 22.0 Å². The lowest BCUT2D eigenvalue weighted by Gasteiger charge is -2.32. The molecule has 1 fully saturated rings. The standard InChI is InChI=1S/C63H66ClF10N8O15PS2/c1-30(2)95-98(90,96-31(3)4)97-45-19-32(5)18-34(23-46(83)77-44(58(88)89)26-49(86)87)52(45)59(6,7)27-48(85)82(100(11,93)94)57-51-42(64)15-14-39(54(51)81(79-57)29-61(67,68)69)38-13-12-37(16-17-60(8,9)99(10,91)92)75-53(38)43(22-33-20-35(65)24-36(66)21-33)76-47(84)28-80-56-50(55(78-80)63(72,73)74)40-25-41(40)62(56,70)71/h12-15,18-21,24,30-31,40-41,43-44H,22-23,25-29H2,1-11H3,(H,76,84)(H,77,83)(H,86,87)(H,88,89)/t40-,41+,43-,44+/m0/s1. The van der Waals surface area contributed by atoms with E-state index < -0.39 is 234 Å². The molecule has 542 valence electrons. The number of pyridine rings is 1. The number of carbonyl (C=O) groups is 5. The zero-order valence-corrected chi connectivity index (χ0v) is 58.2. The minimum atomic E-state index is -5.31. The number of aryl methyl sites for hydroxylation is 1. The highest BCUT2D eigenvalue weighted by Crippen LogP contribution is 2.68. The summed E-state index contributed by atoms with van der Waals surface area (Å²) in [5.41, 5.74) is -8.78. The molecule has 100 heavy (non-hydrogen) atoms. The number of carboxylic acids is 2. The molecule has 1 saturated carbocycles. The van der Waals surface area contributed by atoms with E-state index in [1.165, 1.54) is 74.4 Å². The van der Waals surface area contributed by atoms with Crippen LogP contribution in [-0.2, 0) is 101 Å². The number of carbonyl (C=O) groups excluding carboxylic acids is 3. The number of aliphatic carboxylic acids is 2. The Morgan fingerprint density at radius 2 is 1.46 bits per heavy atom. The number of benzene rings is 3. The zero-order chi connectivity index (χ0) is 74.9. The van der Waals surface area contributed by atoms with Crippen LogP contribution < -0.4 is 19.5 Å². The molecule has 0 radical (unpaired) electrons. The lowest BCUT2D eigenvalue weighted by atomic mass is 9.77. The highest BCUT2D eigenvalue weighted by atomic mass is 35.5. The second-order valence-electron chi connectivity index (χ2n) is 25.9. The van der Waals surface area contributed by atoms with Crippen LogP contribution in [0.2, 0.25) is 5.02 Å². The largest absolute Gasteiger partial charge is 0.530 e. The fourth-order valence-electron chi connectivity index (χ4n) is 11.7. The van der Waals surface area contributed by atoms with E-state index in [4.69, 9.17) is 25.2 Å². The van der Waals surface area contributed by atoms with Gasteiger partial charge in [-0.05, 0) is 126 Å². The number of halogens is 11. The van der Waals surface area contributed by atoms with Crippen molar-refractivity contribution in [1.82, 2.24) is 35.2 Å². The SMILES string of the molecule is Cc1cc(CC(=O)N[C@H](CC(=O)O)C(=O)O)c(C(C)(C)CC(=O)N(c2nn(CC(F)(F)F)c3c(-c4ccc(C#CC(C)(C)S(C)(=O)=O)nc4[C@H](Cc4cc(F)cc(F)c4)NC(=O)Cn4nc(C(F)(F)F)c5c4C(F)(F)[C@@H]4C[C@H]54)ccc(Cl)c23)S(C)(=O)=O)c(OP(=O)(OC(C)C)OC(C)C)c1. The van der Waals surface area contributed by atoms with E-state index >= 15 is 35.5 Å². The first-order valence-electron chi connectivity index (χ1n) is 30.2. The molecule has 0 bridgehead atoms. The predicted octanol–water partition coefficient (Wildman–Crippen LogP) is 11.2. The summed E-state index contributed by atoms with van der Waals surface area (Å²) >= 11 is 6.90. The monoisotopic (exact) mass is 1490 g/mol. The van der Waals surface area contributed by atoms with Crippen molar-refractivity contribution >= 4 is 85.7 Å². The average Bonchev–Trinajstić information content (AvgIpc) is 1.51. The minimum absolute atomic E-state index is 0.00908. The van der Waals surface area contributed by atoms with Crippen LogP contribution >= 0.6 is 19.4 Å². The van der Waals surface area contributed by atoms with Crippen molar-refractivity contribution in [2.45, 2.75) is 166 Å². The Morgan fingerprint density at radius 1 is 0.850 bits per heavy atom. The number of hydrogen-bond donors (Lipinski definition) is 4. The van der Waals surface area contributed by atoms with Gasteiger partial charge in [-0.25, -0.2) is 40.0 Å². The predicted molar refractivity (Wildman–Crippen MR) is 340 cm³/mol. The molecule has 2 aliphatic rings. The number of nitrogens with zero attached hydrogens (tertiary/aromatic N) is 6. The number of sulfone groups is 1. The molecule has 4 atom stereocenters. The van der Waals surface area contributed by atoms with Crippen LogP contribution in [0.4, 0.5) is 49.7 Å². The van der Waals surface area contributed by atoms with Crippen molar-refractivity contribution < 1.29 is 113 Å². The maximum atomic E-state index is 15.9. The molecule has 0 spiro atoms. The highest BCUT2D eigenvalue weighted by Gasteiger charge is 2.68. The Labute approximate surface area is 570 Å². The van der Waals surface area contributed by atoms with Crippen LogP contribution in [-0.4, -0.2) is 123 Å². The van der Waals surface area contributed by atoms with Gasteiger partial charge in [-0.1, -0.05) is 43.5 Å². The molecule has 3 heterocycles. The fraction of sp³-hybridized carbons (Fsp3) is 0.460. The molecular weight excluding hydrogens is 1430 g/mol. The molecule has 3 aromatic heterocycles. The van der Waals surface area contributed by atoms with Crippen molar-refractivity contribution in [2.24, 2.45) is 5.92 Å². The summed E-state index contributed by atoms with van der Waals surface area (Å²) in [6, 6.07) is 4.88. The number of hydrogen-bond acceptors (Lipinski definition) is 16. The molecule has 37 heteroatoms. The Balaban J connectivity index is 1.35. The summed E-state index contributed by atoms with van der Waals surface area (Å²) in [5, 5.41) is 29.8. The third kappa shape index (κ3) is 17.4. The van der Waals surface area contributed by atoms with E-state index in [0.29, 0.717) is 12.3 Å². The van der Waals surface area contributed by atoms with Gasteiger partial charge in [-0.2, -0.15) is 49.6 Å². The van der Waals surface area contributed by atoms with Gasteiger partial charge in [0.1, 0.15) is 52.7 Å². The van der Waals surface area contributed by atoms with Crippen LogP contribution in [0.5, 0.6) is 5.75 Å². The number of nitrogens with one attached hydrogen (secondary N) is 2. The number of anilines is 1. The van der Waals surface area contributed by atoms with Gasteiger partial charge < -0.3 is 25.4 Å². The Hall–Kier alpha value is -8.16. The van der Waals surface area contributed by atoms with Gasteiger partial charge in [0.2, 0.25) is 27.7 Å². The number of carboxylic acid groups (broad SMARTS) is 2. The van der Waals surface area contributed by atoms with Crippen molar-refractivity contribution in [3.05, 3.63) is 122 Å². The van der Waals surface area contributed by atoms with Crippen molar-refractivity contribution in [1.29, 1.82) is 0 Å². The molecule has 8 rings (SSSR count). The summed E-state index contributed by atoms with van der Waals surface area (Å²) in [6.07, 6.45) is -15.2. The van der Waals surface area contributed by atoms with Gasteiger partial charge >= 0.3 is 32.1 Å². The molecule has 0 unspecified atom stereocenters. The minimum Gasteiger partial charge on any atom is -0.481 e. The summed E-state index contributed by atoms with van der Waals surface area (Å²) in [5.74, 6) is -13.0. The number of phosphoric ester groups is 1. The van der Waals surface area contributed by atoms with Gasteiger partial charge in [-0.3, -0.25) is 37.6 Å². The topological polar surface area (TPSA) is 315 Å². The van der Waals surface area contributed by atoms with Crippen LogP contribution in [0.3, 0.4) is 0 Å². The van der Waals surface area contributed by atoms with E-state index in [-0.39, 0.29) is 48.0 Å². The van der Waals surface area contributed by atoms with Crippen molar-refractivity contribution in [3.63, 3.8) is 0 Å². The van der Waals surface area contributed by atoms with Crippen molar-refractivity contribution in [3.8, 4) is 28.7 Å². The van der Waals surface area contributed by atoms with E-state index in [2.05, 4.69) is 37.7 Å². The van der Waals surface area contributed by atoms with Crippen molar-refractivity contribution in [2.75, 3.05) is 16.8 Å².